The van der Waals surface area contributed by atoms with E-state index < -0.39 is 0 Å². The first-order valence-electron chi connectivity index (χ1n) is 5.71. The van der Waals surface area contributed by atoms with Crippen LogP contribution in [0.1, 0.15) is 23.5 Å². The maximum atomic E-state index is 5.39. The molecule has 0 amide bonds. The van der Waals surface area contributed by atoms with Crippen molar-refractivity contribution in [3.63, 3.8) is 0 Å². The molecule has 6 heteroatoms. The van der Waals surface area contributed by atoms with E-state index in [1.165, 1.54) is 4.88 Å². The Morgan fingerprint density at radius 3 is 2.89 bits per heavy atom. The lowest BCUT2D eigenvalue weighted by molar-refractivity contribution is 0.401. The van der Waals surface area contributed by atoms with Crippen LogP contribution in [0.15, 0.2) is 22.1 Å². The number of hydrogen-bond donors (Lipinski definition) is 1. The van der Waals surface area contributed by atoms with Crippen LogP contribution in [-0.4, -0.2) is 23.4 Å². The van der Waals surface area contributed by atoms with Gasteiger partial charge in [0.15, 0.2) is 5.75 Å². The molecule has 1 unspecified atom stereocenters. The van der Waals surface area contributed by atoms with Crippen LogP contribution in [0.4, 0.5) is 0 Å². The van der Waals surface area contributed by atoms with Crippen molar-refractivity contribution >= 4 is 27.3 Å². The summed E-state index contributed by atoms with van der Waals surface area (Å²) >= 11 is 5.23. The normalized spacial score (nSPS) is 12.7. The second kappa shape index (κ2) is 5.86. The van der Waals surface area contributed by atoms with E-state index in [1.54, 1.807) is 24.6 Å². The van der Waals surface area contributed by atoms with E-state index in [4.69, 9.17) is 4.74 Å². The highest BCUT2D eigenvalue weighted by Gasteiger charge is 2.22. The molecule has 0 aliphatic rings. The fourth-order valence-electron chi connectivity index (χ4n) is 1.93. The Bertz CT molecular complexity index is 523. The van der Waals surface area contributed by atoms with Crippen LogP contribution in [0.3, 0.4) is 0 Å². The number of nitrogens with one attached hydrogen (secondary N) is 1. The Kier molecular flexibility index (Phi) is 4.42. The molecule has 1 atom stereocenters. The number of ether oxygens (including phenoxy) is 1. The number of aryl methyl sites for hydroxylation is 1. The topological polar surface area (TPSA) is 39.1 Å². The summed E-state index contributed by atoms with van der Waals surface area (Å²) in [4.78, 5) is 1.24. The molecule has 0 fully saturated rings. The number of aromatic nitrogens is 2. The Morgan fingerprint density at radius 1 is 1.56 bits per heavy atom. The molecule has 0 bridgehead atoms. The monoisotopic (exact) mass is 329 g/mol. The van der Waals surface area contributed by atoms with Gasteiger partial charge in [0.25, 0.3) is 0 Å². The van der Waals surface area contributed by atoms with Crippen LogP contribution >= 0.6 is 27.3 Å². The second-order valence-corrected chi connectivity index (χ2v) is 6.35. The number of methoxy groups -OCH3 is 1. The molecule has 0 saturated heterocycles. The summed E-state index contributed by atoms with van der Waals surface area (Å²) in [6, 6.07) is 4.29. The molecule has 0 aliphatic heterocycles. The maximum absolute atomic E-state index is 5.39. The summed E-state index contributed by atoms with van der Waals surface area (Å²) in [5.74, 6) is 0.813. The zero-order valence-corrected chi connectivity index (χ0v) is 13.0. The molecule has 0 saturated carbocycles. The van der Waals surface area contributed by atoms with Crippen LogP contribution in [0.2, 0.25) is 0 Å². The van der Waals surface area contributed by atoms with Crippen LogP contribution in [0.5, 0.6) is 5.75 Å². The Balaban J connectivity index is 2.43. The van der Waals surface area contributed by atoms with Gasteiger partial charge in [-0.05, 0) is 34.6 Å². The smallest absolute Gasteiger partial charge is 0.161 e. The lowest BCUT2D eigenvalue weighted by Gasteiger charge is -2.18. The molecule has 0 aliphatic carbocycles. The predicted molar refractivity (Wildman–Crippen MR) is 77.3 cm³/mol. The number of thiophene rings is 1. The maximum Gasteiger partial charge on any atom is 0.161 e. The van der Waals surface area contributed by atoms with E-state index in [1.807, 2.05) is 11.7 Å². The van der Waals surface area contributed by atoms with Crippen molar-refractivity contribution < 1.29 is 4.74 Å². The van der Waals surface area contributed by atoms with Crippen molar-refractivity contribution in [1.82, 2.24) is 15.1 Å². The highest BCUT2D eigenvalue weighted by Crippen LogP contribution is 2.34. The molecule has 1 N–H and O–H groups in total. The van der Waals surface area contributed by atoms with E-state index in [-0.39, 0.29) is 6.04 Å². The third-order valence-corrected chi connectivity index (χ3v) is 4.42. The fraction of sp³-hybridized carbons (Fsp3) is 0.417. The summed E-state index contributed by atoms with van der Waals surface area (Å²) in [5.41, 5.74) is 1.05. The Morgan fingerprint density at radius 2 is 2.33 bits per heavy atom. The number of rotatable bonds is 5. The molecule has 2 heterocycles. The van der Waals surface area contributed by atoms with E-state index in [2.05, 4.69) is 45.4 Å². The quantitative estimate of drug-likeness (QED) is 0.916. The number of nitrogens with zero attached hydrogens (tertiary/aromatic N) is 2. The zero-order valence-electron chi connectivity index (χ0n) is 10.6. The molecular weight excluding hydrogens is 314 g/mol. The van der Waals surface area contributed by atoms with Gasteiger partial charge < -0.3 is 10.1 Å². The standard InChI is InChI=1S/C12H16BrN3OS/c1-4-14-11(9-5-6-10(13)18-9)12-8(17-3)7-15-16(12)2/h5-7,11,14H,4H2,1-3H3. The van der Waals surface area contributed by atoms with E-state index in [0.29, 0.717) is 0 Å². The fourth-order valence-corrected chi connectivity index (χ4v) is 3.44. The average Bonchev–Trinajstić information content (AvgIpc) is 2.93. The number of hydrogen-bond acceptors (Lipinski definition) is 4. The van der Waals surface area contributed by atoms with Crippen molar-refractivity contribution in [3.8, 4) is 5.75 Å². The lowest BCUT2D eigenvalue weighted by atomic mass is 10.1. The van der Waals surface area contributed by atoms with Crippen molar-refractivity contribution in [2.45, 2.75) is 13.0 Å². The van der Waals surface area contributed by atoms with Crippen LogP contribution in [0.25, 0.3) is 0 Å². The highest BCUT2D eigenvalue weighted by molar-refractivity contribution is 9.11. The van der Waals surface area contributed by atoms with E-state index in [9.17, 15) is 0 Å². The molecule has 18 heavy (non-hydrogen) atoms. The molecule has 98 valence electrons. The first-order chi connectivity index (χ1) is 8.67. The molecule has 2 aromatic rings. The van der Waals surface area contributed by atoms with Gasteiger partial charge in [-0.2, -0.15) is 5.10 Å². The van der Waals surface area contributed by atoms with Gasteiger partial charge in [-0.1, -0.05) is 6.92 Å². The second-order valence-electron chi connectivity index (χ2n) is 3.85. The number of halogens is 1. The first-order valence-corrected chi connectivity index (χ1v) is 7.32. The Hall–Kier alpha value is -0.850. The van der Waals surface area contributed by atoms with Gasteiger partial charge in [0.05, 0.1) is 23.1 Å². The van der Waals surface area contributed by atoms with Gasteiger partial charge >= 0.3 is 0 Å². The summed E-state index contributed by atoms with van der Waals surface area (Å²) < 4.78 is 8.38. The van der Waals surface area contributed by atoms with Crippen LogP contribution in [-0.2, 0) is 7.05 Å². The minimum absolute atomic E-state index is 0.105. The SMILES string of the molecule is CCNC(c1ccc(Br)s1)c1c(OC)cnn1C. The van der Waals surface area contributed by atoms with E-state index in [0.717, 1.165) is 21.8 Å². The third kappa shape index (κ3) is 2.60. The predicted octanol–water partition coefficient (Wildman–Crippen LogP) is 2.95. The largest absolute Gasteiger partial charge is 0.493 e. The average molecular weight is 330 g/mol. The minimum Gasteiger partial charge on any atom is -0.493 e. The van der Waals surface area contributed by atoms with Gasteiger partial charge in [0.1, 0.15) is 5.69 Å². The zero-order chi connectivity index (χ0) is 13.1. The van der Waals surface area contributed by atoms with E-state index >= 15 is 0 Å². The molecule has 2 aromatic heterocycles. The molecule has 4 nitrogen and oxygen atoms in total. The minimum atomic E-state index is 0.105. The van der Waals surface area contributed by atoms with Crippen molar-refractivity contribution in [2.24, 2.45) is 7.05 Å². The molecule has 0 radical (unpaired) electrons. The summed E-state index contributed by atoms with van der Waals surface area (Å²) in [5, 5.41) is 7.75. The molecule has 2 rings (SSSR count). The van der Waals surface area contributed by atoms with Crippen LogP contribution in [0, 0.1) is 0 Å². The summed E-state index contributed by atoms with van der Waals surface area (Å²) in [6.45, 7) is 2.98. The lowest BCUT2D eigenvalue weighted by Crippen LogP contribution is -2.24. The van der Waals surface area contributed by atoms with Gasteiger partial charge in [0, 0.05) is 11.9 Å². The van der Waals surface area contributed by atoms with Crippen molar-refractivity contribution in [1.29, 1.82) is 0 Å². The third-order valence-electron chi connectivity index (χ3n) is 2.73. The molecular formula is C12H16BrN3OS. The molecule has 0 aromatic carbocycles. The van der Waals surface area contributed by atoms with Gasteiger partial charge in [-0.3, -0.25) is 4.68 Å². The van der Waals surface area contributed by atoms with Crippen molar-refractivity contribution in [2.75, 3.05) is 13.7 Å². The molecule has 0 spiro atoms. The summed E-state index contributed by atoms with van der Waals surface area (Å²) in [7, 11) is 3.61. The first kappa shape index (κ1) is 13.6. The highest BCUT2D eigenvalue weighted by atomic mass is 79.9. The van der Waals surface area contributed by atoms with Gasteiger partial charge in [-0.25, -0.2) is 0 Å². The van der Waals surface area contributed by atoms with Crippen LogP contribution < -0.4 is 10.1 Å². The van der Waals surface area contributed by atoms with Gasteiger partial charge in [-0.15, -0.1) is 11.3 Å². The Labute approximate surface area is 119 Å². The van der Waals surface area contributed by atoms with Crippen molar-refractivity contribution in [3.05, 3.63) is 32.7 Å². The summed E-state index contributed by atoms with van der Waals surface area (Å²) in [6.07, 6.45) is 1.75. The van der Waals surface area contributed by atoms with Gasteiger partial charge in [0.2, 0.25) is 0 Å².